The molecule has 0 aromatic heterocycles. The predicted molar refractivity (Wildman–Crippen MR) is 5.75 cm³/mol. The normalized spacial score (nSPS) is 5.40. The van der Waals surface area contributed by atoms with Gasteiger partial charge in [-0.3, -0.25) is 0 Å². The maximum Gasteiger partial charge on any atom is 3.00 e. The molecule has 10 heteroatoms. The fraction of sp³-hybridized carbons (Fsp3) is 0. The van der Waals surface area contributed by atoms with E-state index in [0.717, 1.165) is 0 Å². The molecule has 0 aliphatic heterocycles. The van der Waals surface area contributed by atoms with Crippen molar-refractivity contribution in [3.8, 4) is 0 Å². The van der Waals surface area contributed by atoms with E-state index in [1.807, 2.05) is 0 Å². The van der Waals surface area contributed by atoms with Crippen LogP contribution in [-0.4, -0.2) is 19.8 Å². The second-order valence-corrected chi connectivity index (χ2v) is 0.567. The van der Waals surface area contributed by atoms with Gasteiger partial charge in [0.2, 0.25) is 0 Å². The Hall–Kier alpha value is 1.27. The maximum absolute atomic E-state index is 8.24. The molecule has 0 saturated carbocycles. The van der Waals surface area contributed by atoms with Gasteiger partial charge in [0.1, 0.15) is 0 Å². The molecule has 0 aliphatic carbocycles. The van der Waals surface area contributed by atoms with E-state index in [1.54, 1.807) is 0 Å². The van der Waals surface area contributed by atoms with Gasteiger partial charge >= 0.3 is 19.8 Å². The summed E-state index contributed by atoms with van der Waals surface area (Å²) >= 11 is -1.25. The van der Waals surface area contributed by atoms with Crippen LogP contribution < -0.4 is 28.0 Å². The standard InChI is InChI=1S/3ClO2.Ga/c3*2-1-3;/q3*-1;+3. The predicted octanol–water partition coefficient (Wildman–Crippen LogP) is -7.51. The monoisotopic (exact) mass is 270 g/mol. The van der Waals surface area contributed by atoms with E-state index in [0.29, 0.717) is 0 Å². The van der Waals surface area contributed by atoms with E-state index in [1.165, 1.54) is 0 Å². The molecule has 0 spiro atoms. The van der Waals surface area contributed by atoms with Crippen LogP contribution in [0.4, 0.5) is 0 Å². The zero-order valence-electron chi connectivity index (χ0n) is 4.16. The van der Waals surface area contributed by atoms with Gasteiger partial charge in [-0.05, 0) is 0 Å². The van der Waals surface area contributed by atoms with Crippen molar-refractivity contribution in [2.45, 2.75) is 0 Å². The second kappa shape index (κ2) is 48.4. The van der Waals surface area contributed by atoms with E-state index in [-0.39, 0.29) is 19.8 Å². The van der Waals surface area contributed by atoms with Gasteiger partial charge in [0, 0.05) is 0 Å². The van der Waals surface area contributed by atoms with Gasteiger partial charge in [0.15, 0.2) is 0 Å². The van der Waals surface area contributed by atoms with Crippen LogP contribution in [0.5, 0.6) is 0 Å². The van der Waals surface area contributed by atoms with Gasteiger partial charge in [-0.15, -0.1) is 0 Å². The van der Waals surface area contributed by atoms with Crippen molar-refractivity contribution in [3.05, 3.63) is 0 Å². The molecule has 6 nitrogen and oxygen atoms in total. The number of hydrogen-bond acceptors (Lipinski definition) is 6. The summed E-state index contributed by atoms with van der Waals surface area (Å²) in [6.07, 6.45) is 0. The SMILES string of the molecule is [Ga+3].[O-][Cl+][O-].[O-][Cl+][O-].[O-][Cl+][O-]. The first kappa shape index (κ1) is 22.5. The van der Waals surface area contributed by atoms with Crippen molar-refractivity contribution >= 4 is 19.8 Å². The summed E-state index contributed by atoms with van der Waals surface area (Å²) in [4.78, 5) is 0. The maximum atomic E-state index is 8.24. The quantitative estimate of drug-likeness (QED) is 0.401. The van der Waals surface area contributed by atoms with E-state index < -0.39 is 34.0 Å². The molecule has 0 heterocycles. The van der Waals surface area contributed by atoms with E-state index in [4.69, 9.17) is 28.0 Å². The average Bonchev–Trinajstić information content (AvgIpc) is 1.70. The summed E-state index contributed by atoms with van der Waals surface area (Å²) in [6, 6.07) is 0. The van der Waals surface area contributed by atoms with Gasteiger partial charge < -0.3 is 28.0 Å². The number of hydrogen-bond donors (Lipinski definition) is 0. The molecule has 0 bridgehead atoms. The molecule has 0 amide bonds. The molecule has 0 fully saturated rings. The Bertz CT molecular complexity index is 17.7. The fourth-order valence-electron chi connectivity index (χ4n) is 0. The van der Waals surface area contributed by atoms with E-state index in [2.05, 4.69) is 0 Å². The first-order valence-corrected chi connectivity index (χ1v) is 2.78. The smallest absolute Gasteiger partial charge is 0.544 e. The summed E-state index contributed by atoms with van der Waals surface area (Å²) in [5, 5.41) is 0. The molecular weight excluding hydrogens is 272 g/mol. The van der Waals surface area contributed by atoms with Gasteiger partial charge in [-0.1, -0.05) is 0 Å². The molecular formula is Cl3GaO6. The summed E-state index contributed by atoms with van der Waals surface area (Å²) in [5.74, 6) is 0. The van der Waals surface area contributed by atoms with Crippen molar-refractivity contribution in [2.24, 2.45) is 0 Å². The minimum atomic E-state index is -0.417. The Morgan fingerprint density at radius 2 is 0.500 bits per heavy atom. The number of rotatable bonds is 0. The van der Waals surface area contributed by atoms with Gasteiger partial charge in [-0.25, -0.2) is 0 Å². The average molecular weight is 272 g/mol. The minimum absolute atomic E-state index is 0. The molecule has 0 aliphatic rings. The molecule has 10 heavy (non-hydrogen) atoms. The van der Waals surface area contributed by atoms with Crippen molar-refractivity contribution < 1.29 is 61.9 Å². The van der Waals surface area contributed by atoms with Gasteiger partial charge in [-0.2, -0.15) is 0 Å². The third-order valence-corrected chi connectivity index (χ3v) is 0. The van der Waals surface area contributed by atoms with Crippen LogP contribution in [0, 0.1) is 34.0 Å². The van der Waals surface area contributed by atoms with Crippen molar-refractivity contribution in [2.75, 3.05) is 0 Å². The molecule has 0 atom stereocenters. The third kappa shape index (κ3) is 395. The first-order valence-electron chi connectivity index (χ1n) is 0.926. The molecule has 0 saturated heterocycles. The largest absolute Gasteiger partial charge is 3.00 e. The van der Waals surface area contributed by atoms with Crippen LogP contribution in [0.25, 0.3) is 0 Å². The van der Waals surface area contributed by atoms with Crippen molar-refractivity contribution in [3.63, 3.8) is 0 Å². The minimum Gasteiger partial charge on any atom is -0.544 e. The zero-order chi connectivity index (χ0) is 8.12. The van der Waals surface area contributed by atoms with Crippen LogP contribution in [0.2, 0.25) is 0 Å². The Kier molecular flexibility index (Phi) is 109. The molecule has 0 unspecified atom stereocenters. The van der Waals surface area contributed by atoms with Crippen LogP contribution in [0.15, 0.2) is 0 Å². The molecule has 0 rings (SSSR count). The second-order valence-electron chi connectivity index (χ2n) is 0.189. The third-order valence-electron chi connectivity index (χ3n) is 0. The summed E-state index contributed by atoms with van der Waals surface area (Å²) in [5.41, 5.74) is 0. The molecule has 0 aromatic rings. The van der Waals surface area contributed by atoms with Gasteiger partial charge in [0.05, 0.1) is 34.0 Å². The zero-order valence-corrected chi connectivity index (χ0v) is 8.85. The summed E-state index contributed by atoms with van der Waals surface area (Å²) in [7, 11) is 0. The Morgan fingerprint density at radius 1 is 0.500 bits per heavy atom. The molecule has 60 valence electrons. The molecule has 0 N–H and O–H groups in total. The van der Waals surface area contributed by atoms with Crippen LogP contribution in [0.1, 0.15) is 0 Å². The summed E-state index contributed by atoms with van der Waals surface area (Å²) in [6.45, 7) is 0. The Labute approximate surface area is 81.7 Å². The van der Waals surface area contributed by atoms with E-state index in [9.17, 15) is 0 Å². The first-order chi connectivity index (χ1) is 4.24. The Balaban J connectivity index is -0.0000000257. The van der Waals surface area contributed by atoms with E-state index >= 15 is 0 Å². The van der Waals surface area contributed by atoms with Crippen molar-refractivity contribution in [1.82, 2.24) is 0 Å². The van der Waals surface area contributed by atoms with Crippen molar-refractivity contribution in [1.29, 1.82) is 0 Å². The fourth-order valence-corrected chi connectivity index (χ4v) is 0. The van der Waals surface area contributed by atoms with Crippen LogP contribution >= 0.6 is 0 Å². The summed E-state index contributed by atoms with van der Waals surface area (Å²) < 4.78 is 49.4. The van der Waals surface area contributed by atoms with Crippen LogP contribution in [-0.2, 0) is 0 Å². The number of halogens is 3. The molecule has 0 aromatic carbocycles. The van der Waals surface area contributed by atoms with Gasteiger partial charge in [0.25, 0.3) is 0 Å². The van der Waals surface area contributed by atoms with Crippen LogP contribution in [0.3, 0.4) is 0 Å². The molecule has 0 radical (unpaired) electrons. The Morgan fingerprint density at radius 3 is 0.500 bits per heavy atom. The topological polar surface area (TPSA) is 138 Å².